The summed E-state index contributed by atoms with van der Waals surface area (Å²) in [5.74, 6) is -3.25. The highest BCUT2D eigenvalue weighted by atomic mass is 16.4. The van der Waals surface area contributed by atoms with Gasteiger partial charge in [0.1, 0.15) is 0 Å². The van der Waals surface area contributed by atoms with Crippen molar-refractivity contribution in [3.8, 4) is 0 Å². The minimum absolute atomic E-state index is 1.03. The predicted octanol–water partition coefficient (Wildman–Crippen LogP) is 11.7. The number of carbonyl (C=O) groups is 2. The Hall–Kier alpha value is -1.14. The Bertz CT molecular complexity index is 617. The standard InChI is InChI=1S/2C24H51N.C3H4O4/c2*1-3-5-7-9-11-13-15-17-19-21-23-25-24-22-20-18-16-14-12-10-8-6-4-2;4-2(5)1-3(6)7/h2*25H,3-24H2,1-2H3;1H2,(H,4,5)(H,6,7). The van der Waals surface area contributed by atoms with E-state index in [1.54, 1.807) is 0 Å². The van der Waals surface area contributed by atoms with Gasteiger partial charge in [-0.15, -0.1) is 0 Å². The molecule has 0 aliphatic rings. The molecule has 0 radical (unpaired) electrons. The molecule has 0 saturated heterocycles. The van der Waals surface area contributed by atoms with E-state index in [-0.39, 0.29) is 0 Å². The van der Waals surface area contributed by atoms with Crippen LogP contribution in [0.25, 0.3) is 0 Å². The third kappa shape index (κ3) is 69.8. The lowest BCUT2D eigenvalue weighted by molar-refractivity contribution is -0.655. The van der Waals surface area contributed by atoms with Gasteiger partial charge in [0.05, 0.1) is 26.2 Å². The lowest BCUT2D eigenvalue weighted by Gasteiger charge is -2.04. The van der Waals surface area contributed by atoms with Crippen molar-refractivity contribution in [2.75, 3.05) is 26.2 Å². The van der Waals surface area contributed by atoms with Crippen molar-refractivity contribution in [2.24, 2.45) is 0 Å². The highest BCUT2D eigenvalue weighted by Crippen LogP contribution is 2.13. The molecular weight excluding hydrogens is 705 g/mol. The molecule has 0 aliphatic heterocycles. The Morgan fingerprint density at radius 1 is 0.263 bits per heavy atom. The minimum atomic E-state index is -1.63. The molecule has 344 valence electrons. The normalized spacial score (nSPS) is 10.9. The maximum atomic E-state index is 9.28. The molecule has 0 amide bonds. The number of unbranched alkanes of at least 4 members (excludes halogenated alkanes) is 36. The van der Waals surface area contributed by atoms with Crippen LogP contribution in [0.2, 0.25) is 0 Å². The summed E-state index contributed by atoms with van der Waals surface area (Å²) in [4.78, 5) is 18.6. The molecule has 4 N–H and O–H groups in total. The number of hydrogen-bond donors (Lipinski definition) is 2. The van der Waals surface area contributed by atoms with Gasteiger partial charge in [-0.2, -0.15) is 0 Å². The van der Waals surface area contributed by atoms with Gasteiger partial charge in [0, 0.05) is 18.4 Å². The summed E-state index contributed by atoms with van der Waals surface area (Å²) in [7, 11) is 0. The number of quaternary nitrogens is 2. The molecule has 0 atom stereocenters. The van der Waals surface area contributed by atoms with Crippen LogP contribution in [0, 0.1) is 0 Å². The fraction of sp³-hybridized carbons (Fsp3) is 0.961. The van der Waals surface area contributed by atoms with E-state index >= 15 is 0 Å². The summed E-state index contributed by atoms with van der Waals surface area (Å²) in [6.45, 7) is 14.7. The molecule has 6 nitrogen and oxygen atoms in total. The molecule has 0 aromatic rings. The summed E-state index contributed by atoms with van der Waals surface area (Å²) in [6, 6.07) is 0. The largest absolute Gasteiger partial charge is 0.550 e. The van der Waals surface area contributed by atoms with Gasteiger partial charge >= 0.3 is 0 Å². The van der Waals surface area contributed by atoms with Gasteiger partial charge in [0.15, 0.2) is 0 Å². The molecule has 0 saturated carbocycles. The predicted molar refractivity (Wildman–Crippen MR) is 245 cm³/mol. The maximum absolute atomic E-state index is 9.28. The van der Waals surface area contributed by atoms with Crippen molar-refractivity contribution < 1.29 is 30.4 Å². The second kappa shape index (κ2) is 59.2. The fourth-order valence-corrected chi connectivity index (χ4v) is 7.51. The first-order valence-electron chi connectivity index (χ1n) is 26.0. The van der Waals surface area contributed by atoms with Gasteiger partial charge in [0.25, 0.3) is 0 Å². The lowest BCUT2D eigenvalue weighted by Crippen LogP contribution is -2.84. The second-order valence-electron chi connectivity index (χ2n) is 17.4. The molecule has 0 heterocycles. The molecule has 0 unspecified atom stereocenters. The topological polar surface area (TPSA) is 113 Å². The summed E-state index contributed by atoms with van der Waals surface area (Å²) in [5.41, 5.74) is 0. The average Bonchev–Trinajstić information content (AvgIpc) is 3.19. The molecule has 0 bridgehead atoms. The van der Waals surface area contributed by atoms with Crippen molar-refractivity contribution in [2.45, 2.75) is 291 Å². The number of aliphatic carboxylic acids is 2. The van der Waals surface area contributed by atoms with E-state index in [1.807, 2.05) is 0 Å². The Morgan fingerprint density at radius 3 is 0.526 bits per heavy atom. The first-order chi connectivity index (χ1) is 28.0. The van der Waals surface area contributed by atoms with Crippen LogP contribution >= 0.6 is 0 Å². The van der Waals surface area contributed by atoms with E-state index in [4.69, 9.17) is 0 Å². The van der Waals surface area contributed by atoms with Gasteiger partial charge in [-0.3, -0.25) is 0 Å². The zero-order chi connectivity index (χ0) is 42.4. The number of carboxylic acids is 2. The van der Waals surface area contributed by atoms with Crippen LogP contribution in [-0.4, -0.2) is 38.1 Å². The summed E-state index contributed by atoms with van der Waals surface area (Å²) in [6.07, 6.45) is 57.2. The zero-order valence-corrected chi connectivity index (χ0v) is 39.6. The Kier molecular flexibility index (Phi) is 62.5. The molecule has 0 aromatic carbocycles. The van der Waals surface area contributed by atoms with Crippen LogP contribution < -0.4 is 20.8 Å². The monoisotopic (exact) mass is 811 g/mol. The van der Waals surface area contributed by atoms with E-state index in [0.717, 1.165) is 0 Å². The lowest BCUT2D eigenvalue weighted by atomic mass is 10.1. The van der Waals surface area contributed by atoms with Crippen molar-refractivity contribution in [1.82, 2.24) is 0 Å². The highest BCUT2D eigenvalue weighted by molar-refractivity contribution is 5.86. The SMILES string of the molecule is CCCCCCCCCCCC[NH2+]CCCCCCCCCCCC.CCCCCCCCCCCC[NH2+]CCCCCCCCCCCC.O=C([O-])CC(=O)[O-]. The van der Waals surface area contributed by atoms with E-state index in [1.165, 1.54) is 283 Å². The third-order valence-corrected chi connectivity index (χ3v) is 11.3. The number of rotatable bonds is 46. The molecule has 6 heteroatoms. The Balaban J connectivity index is -0.000000875. The van der Waals surface area contributed by atoms with Crippen molar-refractivity contribution >= 4 is 11.9 Å². The molecular formula is C51H106N2O4. The molecule has 57 heavy (non-hydrogen) atoms. The Labute approximate surface area is 358 Å². The van der Waals surface area contributed by atoms with Gasteiger partial charge in [-0.05, 0) is 51.4 Å². The highest BCUT2D eigenvalue weighted by Gasteiger charge is 1.98. The minimum Gasteiger partial charge on any atom is -0.550 e. The number of carboxylic acid groups (broad SMARTS) is 2. The summed E-state index contributed by atoms with van der Waals surface area (Å²) >= 11 is 0. The van der Waals surface area contributed by atoms with E-state index in [9.17, 15) is 19.8 Å². The molecule has 0 aliphatic carbocycles. The quantitative estimate of drug-likeness (QED) is 0.0471. The van der Waals surface area contributed by atoms with Crippen molar-refractivity contribution in [1.29, 1.82) is 0 Å². The first kappa shape index (κ1) is 60.2. The molecule has 0 aromatic heterocycles. The smallest absolute Gasteiger partial charge is 0.0755 e. The number of hydrogen-bond acceptors (Lipinski definition) is 4. The van der Waals surface area contributed by atoms with E-state index in [0.29, 0.717) is 0 Å². The van der Waals surface area contributed by atoms with Crippen LogP contribution in [-0.2, 0) is 9.59 Å². The number of carbonyl (C=O) groups excluding carboxylic acids is 2. The van der Waals surface area contributed by atoms with E-state index in [2.05, 4.69) is 38.3 Å². The molecule has 0 rings (SSSR count). The Morgan fingerprint density at radius 2 is 0.404 bits per heavy atom. The fourth-order valence-electron chi connectivity index (χ4n) is 7.51. The second-order valence-corrected chi connectivity index (χ2v) is 17.4. The van der Waals surface area contributed by atoms with Crippen LogP contribution in [0.3, 0.4) is 0 Å². The molecule has 0 fully saturated rings. The molecule has 0 spiro atoms. The van der Waals surface area contributed by atoms with Crippen molar-refractivity contribution in [3.63, 3.8) is 0 Å². The van der Waals surface area contributed by atoms with Gasteiger partial charge in [-0.1, -0.05) is 233 Å². The van der Waals surface area contributed by atoms with Crippen LogP contribution in [0.15, 0.2) is 0 Å². The van der Waals surface area contributed by atoms with Crippen LogP contribution in [0.1, 0.15) is 291 Å². The van der Waals surface area contributed by atoms with Gasteiger partial charge in [0.2, 0.25) is 0 Å². The van der Waals surface area contributed by atoms with Gasteiger partial charge < -0.3 is 30.4 Å². The van der Waals surface area contributed by atoms with Crippen LogP contribution in [0.4, 0.5) is 0 Å². The van der Waals surface area contributed by atoms with Crippen LogP contribution in [0.5, 0.6) is 0 Å². The maximum Gasteiger partial charge on any atom is 0.0755 e. The summed E-state index contributed by atoms with van der Waals surface area (Å²) in [5, 5.41) is 23.7. The van der Waals surface area contributed by atoms with Crippen molar-refractivity contribution in [3.05, 3.63) is 0 Å². The van der Waals surface area contributed by atoms with E-state index < -0.39 is 18.4 Å². The zero-order valence-electron chi connectivity index (χ0n) is 39.6. The summed E-state index contributed by atoms with van der Waals surface area (Å²) < 4.78 is 0. The number of nitrogens with two attached hydrogens (primary N) is 2. The average molecular weight is 811 g/mol. The van der Waals surface area contributed by atoms with Gasteiger partial charge in [-0.25, -0.2) is 0 Å². The third-order valence-electron chi connectivity index (χ3n) is 11.3. The first-order valence-corrected chi connectivity index (χ1v) is 26.0.